The molecule has 4 N–H and O–H groups in total. The van der Waals surface area contributed by atoms with E-state index in [1.165, 1.54) is 6.07 Å². The minimum atomic E-state index is -0.799. The molecule has 0 amide bonds. The molecule has 34 heavy (non-hydrogen) atoms. The second kappa shape index (κ2) is 11.5. The third-order valence-electron chi connectivity index (χ3n) is 4.82. The lowest BCUT2D eigenvalue weighted by Crippen LogP contribution is -2.26. The number of carbonyl (C=O) groups is 1. The number of aromatic nitrogens is 3. The van der Waals surface area contributed by atoms with E-state index in [0.717, 1.165) is 29.6 Å². The summed E-state index contributed by atoms with van der Waals surface area (Å²) >= 11 is 5.78. The van der Waals surface area contributed by atoms with E-state index in [2.05, 4.69) is 20.3 Å². The molecule has 0 aliphatic carbocycles. The molecule has 3 aromatic rings. The summed E-state index contributed by atoms with van der Waals surface area (Å²) < 4.78 is 32.6. The molecule has 1 aliphatic heterocycles. The number of alkyl halides is 1. The quantitative estimate of drug-likeness (QED) is 0.366. The summed E-state index contributed by atoms with van der Waals surface area (Å²) in [6.45, 7) is 0. The predicted molar refractivity (Wildman–Crippen MR) is 125 cm³/mol. The van der Waals surface area contributed by atoms with Crippen LogP contribution in [-0.2, 0) is 4.74 Å². The Bertz CT molecular complexity index is 1170. The van der Waals surface area contributed by atoms with Crippen LogP contribution in [0.25, 0.3) is 17.1 Å². The fourth-order valence-corrected chi connectivity index (χ4v) is 3.35. The lowest BCUT2D eigenvalue weighted by Gasteiger charge is -2.27. The van der Waals surface area contributed by atoms with E-state index in [9.17, 15) is 18.7 Å². The number of halogens is 3. The van der Waals surface area contributed by atoms with Gasteiger partial charge in [0.2, 0.25) is 0 Å². The maximum Gasteiger partial charge on any atom is 0.170 e. The summed E-state index contributed by atoms with van der Waals surface area (Å²) in [4.78, 5) is 22.1. The number of carbonyl (C=O) groups excluding carboxylic acids is 1. The summed E-state index contributed by atoms with van der Waals surface area (Å²) in [6.07, 6.45) is 6.53. The summed E-state index contributed by atoms with van der Waals surface area (Å²) in [5.74, 6) is -0.787. The Balaban J connectivity index is 0.000000191. The number of aliphatic hydroxyl groups excluding tert-OH is 1. The SMILES string of the molecule is CNc1cnccc1C1=CC(O)C[C@@H](CCl)O1.Nc1cnc(-c2c(F)cccc2F)nc1C=O. The molecule has 0 radical (unpaired) electrons. The first kappa shape index (κ1) is 25.0. The average Bonchev–Trinajstić information content (AvgIpc) is 2.84. The summed E-state index contributed by atoms with van der Waals surface area (Å²) in [5.41, 5.74) is 6.74. The van der Waals surface area contributed by atoms with E-state index in [1.54, 1.807) is 18.5 Å². The van der Waals surface area contributed by atoms with Crippen LogP contribution in [0.4, 0.5) is 20.2 Å². The van der Waals surface area contributed by atoms with Crippen LogP contribution in [0.15, 0.2) is 48.9 Å². The maximum atomic E-state index is 13.4. The van der Waals surface area contributed by atoms with Crippen LogP contribution < -0.4 is 11.1 Å². The molecule has 1 aliphatic rings. The predicted octanol–water partition coefficient (Wildman–Crippen LogP) is 3.67. The van der Waals surface area contributed by atoms with Gasteiger partial charge in [0.1, 0.15) is 29.2 Å². The number of pyridine rings is 1. The van der Waals surface area contributed by atoms with E-state index in [0.29, 0.717) is 24.3 Å². The van der Waals surface area contributed by atoms with Gasteiger partial charge in [-0.05, 0) is 24.3 Å². The van der Waals surface area contributed by atoms with Gasteiger partial charge < -0.3 is 20.9 Å². The van der Waals surface area contributed by atoms with Gasteiger partial charge >= 0.3 is 0 Å². The first-order valence-corrected chi connectivity index (χ1v) is 10.7. The monoisotopic (exact) mass is 489 g/mol. The number of aldehydes is 1. The van der Waals surface area contributed by atoms with E-state index >= 15 is 0 Å². The van der Waals surface area contributed by atoms with Gasteiger partial charge in [-0.1, -0.05) is 6.07 Å². The Morgan fingerprint density at radius 3 is 2.68 bits per heavy atom. The smallest absolute Gasteiger partial charge is 0.170 e. The number of anilines is 2. The van der Waals surface area contributed by atoms with Crippen molar-refractivity contribution in [2.24, 2.45) is 0 Å². The van der Waals surface area contributed by atoms with E-state index in [4.69, 9.17) is 22.1 Å². The van der Waals surface area contributed by atoms with Crippen molar-refractivity contribution in [1.29, 1.82) is 0 Å². The molecule has 0 saturated heterocycles. The number of nitrogens with zero attached hydrogens (tertiary/aromatic N) is 3. The maximum absolute atomic E-state index is 13.4. The Kier molecular flexibility index (Phi) is 8.44. The molecule has 178 valence electrons. The van der Waals surface area contributed by atoms with E-state index < -0.39 is 17.7 Å². The van der Waals surface area contributed by atoms with Crippen LogP contribution in [0.2, 0.25) is 0 Å². The highest BCUT2D eigenvalue weighted by atomic mass is 35.5. The average molecular weight is 490 g/mol. The van der Waals surface area contributed by atoms with Gasteiger partial charge in [-0.25, -0.2) is 18.7 Å². The van der Waals surface area contributed by atoms with Crippen LogP contribution in [0.1, 0.15) is 22.5 Å². The number of rotatable bonds is 5. The van der Waals surface area contributed by atoms with Crippen molar-refractivity contribution in [3.8, 4) is 11.4 Å². The van der Waals surface area contributed by atoms with Gasteiger partial charge in [-0.2, -0.15) is 0 Å². The number of nitrogen functional groups attached to an aromatic ring is 1. The molecule has 11 heteroatoms. The molecule has 1 aromatic carbocycles. The molecule has 0 saturated carbocycles. The fourth-order valence-electron chi connectivity index (χ4n) is 3.17. The number of hydrogen-bond donors (Lipinski definition) is 3. The van der Waals surface area contributed by atoms with E-state index in [-0.39, 0.29) is 28.9 Å². The third-order valence-corrected chi connectivity index (χ3v) is 5.16. The second-order valence-corrected chi connectivity index (χ2v) is 7.46. The largest absolute Gasteiger partial charge is 0.489 e. The van der Waals surface area contributed by atoms with Gasteiger partial charge in [0, 0.05) is 25.2 Å². The molecule has 2 aromatic heterocycles. The minimum absolute atomic E-state index is 0.0560. The highest BCUT2D eigenvalue weighted by Gasteiger charge is 2.23. The Morgan fingerprint density at radius 2 is 2.03 bits per heavy atom. The molecular formula is C23H22ClF2N5O3. The van der Waals surface area contributed by atoms with Gasteiger partial charge in [0.05, 0.1) is 41.3 Å². The van der Waals surface area contributed by atoms with Crippen LogP contribution in [-0.4, -0.2) is 51.5 Å². The zero-order chi connectivity index (χ0) is 24.7. The zero-order valence-corrected chi connectivity index (χ0v) is 18.8. The van der Waals surface area contributed by atoms with Gasteiger partial charge in [-0.3, -0.25) is 9.78 Å². The summed E-state index contributed by atoms with van der Waals surface area (Å²) in [7, 11) is 1.82. The number of nitrogens with one attached hydrogen (secondary N) is 1. The zero-order valence-electron chi connectivity index (χ0n) is 18.1. The molecule has 3 heterocycles. The molecule has 0 fully saturated rings. The molecular weight excluding hydrogens is 468 g/mol. The minimum Gasteiger partial charge on any atom is -0.489 e. The first-order chi connectivity index (χ1) is 16.4. The fraction of sp³-hybridized carbons (Fsp3) is 0.217. The van der Waals surface area contributed by atoms with Crippen molar-refractivity contribution in [2.45, 2.75) is 18.6 Å². The summed E-state index contributed by atoms with van der Waals surface area (Å²) in [5, 5.41) is 12.8. The Hall–Kier alpha value is -3.63. The highest BCUT2D eigenvalue weighted by Crippen LogP contribution is 2.30. The van der Waals surface area contributed by atoms with Crippen molar-refractivity contribution in [1.82, 2.24) is 15.0 Å². The number of nitrogens with two attached hydrogens (primary N) is 1. The van der Waals surface area contributed by atoms with Crippen molar-refractivity contribution < 1.29 is 23.4 Å². The number of benzene rings is 1. The number of aliphatic hydroxyl groups is 1. The molecule has 8 nitrogen and oxygen atoms in total. The van der Waals surface area contributed by atoms with Gasteiger partial charge in [0.25, 0.3) is 0 Å². The van der Waals surface area contributed by atoms with Crippen LogP contribution in [0.5, 0.6) is 0 Å². The van der Waals surface area contributed by atoms with Crippen molar-refractivity contribution in [2.75, 3.05) is 24.0 Å². The second-order valence-electron chi connectivity index (χ2n) is 7.15. The number of ether oxygens (including phenoxy) is 1. The Labute approximate surface area is 199 Å². The van der Waals surface area contributed by atoms with Crippen LogP contribution in [0, 0.1) is 11.6 Å². The Morgan fingerprint density at radius 1 is 1.29 bits per heavy atom. The summed E-state index contributed by atoms with van der Waals surface area (Å²) in [6, 6.07) is 5.24. The van der Waals surface area contributed by atoms with Crippen molar-refractivity contribution in [3.63, 3.8) is 0 Å². The van der Waals surface area contributed by atoms with E-state index in [1.807, 2.05) is 13.1 Å². The van der Waals surface area contributed by atoms with Crippen molar-refractivity contribution in [3.05, 3.63) is 71.8 Å². The van der Waals surface area contributed by atoms with Gasteiger partial charge in [0.15, 0.2) is 12.1 Å². The molecule has 4 rings (SSSR count). The molecule has 2 atom stereocenters. The molecule has 0 bridgehead atoms. The standard InChI is InChI=1S/C12H15ClN2O2.C11H7F2N3O/c1-14-11-7-15-3-2-10(11)12-5-8(16)4-9(6-13)17-12;12-6-2-1-3-7(13)10(6)11-15-4-8(14)9(5-17)16-11/h2-3,5,7-9,14,16H,4,6H2,1H3;1-5H,14H2/t8?,9-;/m0./s1. The molecule has 0 spiro atoms. The normalized spacial score (nSPS) is 17.0. The third kappa shape index (κ3) is 5.83. The van der Waals surface area contributed by atoms with Gasteiger partial charge in [-0.15, -0.1) is 11.6 Å². The lowest BCUT2D eigenvalue weighted by atomic mass is 10.0. The highest BCUT2D eigenvalue weighted by molar-refractivity contribution is 6.18. The first-order valence-electron chi connectivity index (χ1n) is 10.1. The number of hydrogen-bond acceptors (Lipinski definition) is 8. The topological polar surface area (TPSA) is 123 Å². The molecule has 1 unspecified atom stereocenters. The van der Waals surface area contributed by atoms with Crippen molar-refractivity contribution >= 4 is 35.0 Å². The van der Waals surface area contributed by atoms with Crippen LogP contribution in [0.3, 0.4) is 0 Å². The van der Waals surface area contributed by atoms with Crippen LogP contribution >= 0.6 is 11.6 Å². The lowest BCUT2D eigenvalue weighted by molar-refractivity contribution is 0.0939.